The van der Waals surface area contributed by atoms with Gasteiger partial charge in [-0.3, -0.25) is 9.10 Å². The number of hydrogen-bond donors (Lipinski definition) is 1. The topological polar surface area (TPSA) is 104 Å². The first-order valence-corrected chi connectivity index (χ1v) is 12.0. The van der Waals surface area contributed by atoms with Crippen molar-refractivity contribution in [2.75, 3.05) is 10.8 Å². The summed E-state index contributed by atoms with van der Waals surface area (Å²) in [5.41, 5.74) is 3.08. The fraction of sp³-hybridized carbons (Fsp3) is 0.160. The van der Waals surface area contributed by atoms with Crippen molar-refractivity contribution < 1.29 is 18.3 Å². The Morgan fingerprint density at radius 1 is 0.941 bits per heavy atom. The van der Waals surface area contributed by atoms with Crippen molar-refractivity contribution >= 4 is 38.2 Å². The number of rotatable bonds is 6. The van der Waals surface area contributed by atoms with E-state index in [0.29, 0.717) is 11.1 Å². The molecule has 0 aliphatic carbocycles. The molecule has 0 bridgehead atoms. The van der Waals surface area contributed by atoms with Gasteiger partial charge < -0.3 is 9.67 Å². The second kappa shape index (κ2) is 9.11. The normalized spacial score (nSPS) is 11.9. The first-order chi connectivity index (χ1) is 16.2. The first-order valence-electron chi connectivity index (χ1n) is 10.6. The Labute approximate surface area is 197 Å². The Hall–Kier alpha value is -3.98. The van der Waals surface area contributed by atoms with Gasteiger partial charge in [0.25, 0.3) is 15.9 Å². The molecule has 1 N–H and O–H groups in total. The zero-order chi connectivity index (χ0) is 24.5. The van der Waals surface area contributed by atoms with Crippen LogP contribution in [0.4, 0.5) is 11.4 Å². The van der Waals surface area contributed by atoms with E-state index in [1.807, 2.05) is 26.0 Å². The van der Waals surface area contributed by atoms with Crippen molar-refractivity contribution in [1.29, 1.82) is 0 Å². The number of nitrogens with zero attached hydrogens (tertiary/aromatic N) is 4. The molecule has 0 saturated carbocycles. The highest BCUT2D eigenvalue weighted by Gasteiger charge is 2.27. The number of amides is 1. The summed E-state index contributed by atoms with van der Waals surface area (Å²) in [6.07, 6.45) is 0. The maximum absolute atomic E-state index is 13.4. The number of hydrogen-bond acceptors (Lipinski definition) is 5. The summed E-state index contributed by atoms with van der Waals surface area (Å²) in [7, 11) is -2.37. The molecule has 0 fully saturated rings. The molecule has 8 nitrogen and oxygen atoms in total. The highest BCUT2D eigenvalue weighted by molar-refractivity contribution is 7.92. The molecule has 0 aliphatic heterocycles. The molecule has 0 atom stereocenters. The molecule has 174 valence electrons. The number of aryl methyl sites for hydroxylation is 3. The molecule has 0 unspecified atom stereocenters. The molecule has 9 heteroatoms. The number of aromatic nitrogens is 1. The van der Waals surface area contributed by atoms with Crippen LogP contribution >= 0.6 is 0 Å². The fourth-order valence-corrected chi connectivity index (χ4v) is 5.00. The van der Waals surface area contributed by atoms with Crippen molar-refractivity contribution in [1.82, 2.24) is 4.57 Å². The Bertz CT molecular complexity index is 1490. The summed E-state index contributed by atoms with van der Waals surface area (Å²) in [6.45, 7) is 3.20. The van der Waals surface area contributed by atoms with Gasteiger partial charge in [-0.25, -0.2) is 8.42 Å². The van der Waals surface area contributed by atoms with Crippen LogP contribution in [0, 0.1) is 13.8 Å². The maximum Gasteiger partial charge on any atom is 0.285 e. The smallest absolute Gasteiger partial charge is 0.285 e. The van der Waals surface area contributed by atoms with E-state index in [2.05, 4.69) is 10.2 Å². The van der Waals surface area contributed by atoms with Crippen LogP contribution in [0.15, 0.2) is 87.9 Å². The quantitative estimate of drug-likeness (QED) is 0.395. The monoisotopic (exact) mass is 476 g/mol. The Kier molecular flexibility index (Phi) is 6.21. The molecule has 0 aliphatic rings. The van der Waals surface area contributed by atoms with Crippen molar-refractivity contribution in [3.05, 3.63) is 83.9 Å². The average Bonchev–Trinajstić information content (AvgIpc) is 3.07. The van der Waals surface area contributed by atoms with Gasteiger partial charge >= 0.3 is 0 Å². The van der Waals surface area contributed by atoms with E-state index in [4.69, 9.17) is 0 Å². The predicted molar refractivity (Wildman–Crippen MR) is 131 cm³/mol. The van der Waals surface area contributed by atoms with Gasteiger partial charge in [0.1, 0.15) is 6.54 Å². The number of azo groups is 1. The number of carbonyl (C=O) groups excluding carboxylic acids is 1. The van der Waals surface area contributed by atoms with Crippen molar-refractivity contribution in [2.45, 2.75) is 18.7 Å². The lowest BCUT2D eigenvalue weighted by Crippen LogP contribution is -2.35. The van der Waals surface area contributed by atoms with Crippen molar-refractivity contribution in [2.24, 2.45) is 17.3 Å². The van der Waals surface area contributed by atoms with Crippen molar-refractivity contribution in [3.63, 3.8) is 0 Å². The third kappa shape index (κ3) is 4.42. The highest BCUT2D eigenvalue weighted by Crippen LogP contribution is 2.37. The van der Waals surface area contributed by atoms with Crippen LogP contribution in [0.3, 0.4) is 0 Å². The Balaban J connectivity index is 1.68. The van der Waals surface area contributed by atoms with Crippen LogP contribution in [-0.2, 0) is 21.9 Å². The van der Waals surface area contributed by atoms with Crippen LogP contribution < -0.4 is 4.31 Å². The second-order valence-electron chi connectivity index (χ2n) is 8.00. The Morgan fingerprint density at radius 3 is 2.18 bits per heavy atom. The standard InChI is InChI=1S/C25H24N4O4S/c1-17-8-12-19(13-9-17)29(34(32,33)20-14-10-18(2)11-15-20)16-23(30)26-27-24-21-6-4-5-7-22(21)28(3)25(24)31/h4-15,31H,16H2,1-3H3. The number of anilines is 1. The molecule has 0 saturated heterocycles. The summed E-state index contributed by atoms with van der Waals surface area (Å²) in [4.78, 5) is 12.9. The molecule has 0 radical (unpaired) electrons. The van der Waals surface area contributed by atoms with Crippen LogP contribution in [-0.4, -0.2) is 30.5 Å². The molecule has 4 rings (SSSR count). The van der Waals surface area contributed by atoms with Crippen LogP contribution in [0.2, 0.25) is 0 Å². The first kappa shape index (κ1) is 23.2. The third-order valence-corrected chi connectivity index (χ3v) is 7.31. The number of carbonyl (C=O) groups is 1. The minimum absolute atomic E-state index is 0.0649. The summed E-state index contributed by atoms with van der Waals surface area (Å²) >= 11 is 0. The summed E-state index contributed by atoms with van der Waals surface area (Å²) in [5, 5.41) is 18.7. The lowest BCUT2D eigenvalue weighted by atomic mass is 10.2. The lowest BCUT2D eigenvalue weighted by Gasteiger charge is -2.23. The van der Waals surface area contributed by atoms with E-state index in [1.165, 1.54) is 16.7 Å². The molecule has 4 aromatic rings. The SMILES string of the molecule is Cc1ccc(N(CC(=O)N=Nc2c(O)n(C)c3ccccc23)S(=O)(=O)c2ccc(C)cc2)cc1. The van der Waals surface area contributed by atoms with Gasteiger partial charge in [0.15, 0.2) is 5.69 Å². The number of aromatic hydroxyl groups is 1. The molecule has 3 aromatic carbocycles. The van der Waals surface area contributed by atoms with Crippen LogP contribution in [0.5, 0.6) is 5.88 Å². The van der Waals surface area contributed by atoms with Crippen molar-refractivity contribution in [3.8, 4) is 5.88 Å². The van der Waals surface area contributed by atoms with Gasteiger partial charge in [-0.2, -0.15) is 0 Å². The molecule has 0 spiro atoms. The minimum Gasteiger partial charge on any atom is -0.493 e. The largest absolute Gasteiger partial charge is 0.493 e. The average molecular weight is 477 g/mol. The van der Waals surface area contributed by atoms with Gasteiger partial charge in [-0.05, 0) is 44.2 Å². The van der Waals surface area contributed by atoms with E-state index >= 15 is 0 Å². The van der Waals surface area contributed by atoms with Crippen LogP contribution in [0.25, 0.3) is 10.9 Å². The zero-order valence-electron chi connectivity index (χ0n) is 19.0. The fourth-order valence-electron chi connectivity index (χ4n) is 3.58. The van der Waals surface area contributed by atoms with Crippen LogP contribution in [0.1, 0.15) is 11.1 Å². The zero-order valence-corrected chi connectivity index (χ0v) is 19.8. The number of fused-ring (bicyclic) bond motifs is 1. The molecular formula is C25H24N4O4S. The third-order valence-electron chi connectivity index (χ3n) is 5.52. The van der Waals surface area contributed by atoms with Gasteiger partial charge in [0.05, 0.1) is 16.1 Å². The highest BCUT2D eigenvalue weighted by atomic mass is 32.2. The second-order valence-corrected chi connectivity index (χ2v) is 9.86. The van der Waals surface area contributed by atoms with Gasteiger partial charge in [-0.1, -0.05) is 53.6 Å². The van der Waals surface area contributed by atoms with E-state index < -0.39 is 22.5 Å². The van der Waals surface area contributed by atoms with Gasteiger partial charge in [-0.15, -0.1) is 10.2 Å². The molecule has 1 aromatic heterocycles. The molecular weight excluding hydrogens is 452 g/mol. The van der Waals surface area contributed by atoms with E-state index in [9.17, 15) is 18.3 Å². The molecule has 1 heterocycles. The maximum atomic E-state index is 13.4. The van der Waals surface area contributed by atoms with E-state index in [1.54, 1.807) is 55.6 Å². The summed E-state index contributed by atoms with van der Waals surface area (Å²) in [6, 6.07) is 20.4. The number of benzene rings is 3. The Morgan fingerprint density at radius 2 is 1.53 bits per heavy atom. The predicted octanol–water partition coefficient (Wildman–Crippen LogP) is 5.01. The van der Waals surface area contributed by atoms with Gasteiger partial charge in [0.2, 0.25) is 5.88 Å². The van der Waals surface area contributed by atoms with E-state index in [-0.39, 0.29) is 16.5 Å². The van der Waals surface area contributed by atoms with E-state index in [0.717, 1.165) is 20.9 Å². The molecule has 1 amide bonds. The summed E-state index contributed by atoms with van der Waals surface area (Å²) < 4.78 is 29.4. The lowest BCUT2D eigenvalue weighted by molar-refractivity contribution is -0.116. The number of sulfonamides is 1. The summed E-state index contributed by atoms with van der Waals surface area (Å²) in [5.74, 6) is -0.913. The number of para-hydroxylation sites is 1. The minimum atomic E-state index is -4.04. The van der Waals surface area contributed by atoms with Gasteiger partial charge in [0, 0.05) is 12.4 Å². The molecule has 34 heavy (non-hydrogen) atoms.